The minimum Gasteiger partial charge on any atom is -0.382 e. The van der Waals surface area contributed by atoms with Crippen molar-refractivity contribution in [3.05, 3.63) is 0 Å². The smallest absolute Gasteiger partial charge is 0.153 e. The van der Waals surface area contributed by atoms with E-state index in [9.17, 15) is 0 Å². The van der Waals surface area contributed by atoms with Crippen molar-refractivity contribution < 1.29 is 4.74 Å². The Hall–Kier alpha value is -0.460. The summed E-state index contributed by atoms with van der Waals surface area (Å²) in [5.41, 5.74) is 5.84. The standard InChI is InChI=1S/C11H19N3OS2/c1-14(7-8-5-3-4-6-15-8)11-9(16-2)10(12)13-17-11/h8H,3-7H2,1-2H3,(H2,12,13). The van der Waals surface area contributed by atoms with Gasteiger partial charge in [0, 0.05) is 20.2 Å². The molecule has 1 fully saturated rings. The molecule has 1 aliphatic heterocycles. The number of nitrogens with zero attached hydrogens (tertiary/aromatic N) is 2. The van der Waals surface area contributed by atoms with Crippen molar-refractivity contribution >= 4 is 34.1 Å². The lowest BCUT2D eigenvalue weighted by molar-refractivity contribution is 0.0216. The topological polar surface area (TPSA) is 51.4 Å². The van der Waals surface area contributed by atoms with Gasteiger partial charge in [-0.25, -0.2) is 0 Å². The van der Waals surface area contributed by atoms with Crippen LogP contribution >= 0.6 is 23.3 Å². The van der Waals surface area contributed by atoms with E-state index in [1.165, 1.54) is 24.4 Å². The van der Waals surface area contributed by atoms with Gasteiger partial charge in [-0.3, -0.25) is 0 Å². The first-order valence-electron chi connectivity index (χ1n) is 5.84. The predicted octanol–water partition coefficient (Wildman–Crippen LogP) is 2.45. The van der Waals surface area contributed by atoms with Crippen LogP contribution < -0.4 is 10.6 Å². The molecule has 2 N–H and O–H groups in total. The average Bonchev–Trinajstić information content (AvgIpc) is 2.71. The van der Waals surface area contributed by atoms with Crippen molar-refractivity contribution in [1.29, 1.82) is 0 Å². The summed E-state index contributed by atoms with van der Waals surface area (Å²) < 4.78 is 9.97. The van der Waals surface area contributed by atoms with Gasteiger partial charge in [0.15, 0.2) is 5.82 Å². The normalized spacial score (nSPS) is 20.5. The average molecular weight is 273 g/mol. The molecule has 1 unspecified atom stereocenters. The third-order valence-corrected chi connectivity index (χ3v) is 4.88. The lowest BCUT2D eigenvalue weighted by Gasteiger charge is -2.28. The van der Waals surface area contributed by atoms with Gasteiger partial charge in [0.1, 0.15) is 5.00 Å². The highest BCUT2D eigenvalue weighted by Gasteiger charge is 2.20. The van der Waals surface area contributed by atoms with Crippen LogP contribution in [0.2, 0.25) is 0 Å². The Morgan fingerprint density at radius 1 is 1.59 bits per heavy atom. The quantitative estimate of drug-likeness (QED) is 0.854. The molecule has 1 aromatic rings. The first-order valence-corrected chi connectivity index (χ1v) is 7.84. The van der Waals surface area contributed by atoms with Crippen molar-refractivity contribution in [2.75, 3.05) is 37.1 Å². The van der Waals surface area contributed by atoms with E-state index >= 15 is 0 Å². The van der Waals surface area contributed by atoms with E-state index in [0.29, 0.717) is 11.9 Å². The zero-order valence-corrected chi connectivity index (χ0v) is 11.9. The number of thioether (sulfide) groups is 1. The van der Waals surface area contributed by atoms with Crippen molar-refractivity contribution in [3.8, 4) is 0 Å². The van der Waals surface area contributed by atoms with Gasteiger partial charge >= 0.3 is 0 Å². The number of hydrogen-bond acceptors (Lipinski definition) is 6. The number of likely N-dealkylation sites (N-methyl/N-ethyl adjacent to an activating group) is 1. The van der Waals surface area contributed by atoms with Gasteiger partial charge in [-0.05, 0) is 37.1 Å². The molecule has 1 aromatic heterocycles. The maximum Gasteiger partial charge on any atom is 0.153 e. The van der Waals surface area contributed by atoms with E-state index in [-0.39, 0.29) is 0 Å². The lowest BCUT2D eigenvalue weighted by Crippen LogP contribution is -2.33. The molecule has 4 nitrogen and oxygen atoms in total. The maximum atomic E-state index is 5.84. The summed E-state index contributed by atoms with van der Waals surface area (Å²) in [4.78, 5) is 3.31. The summed E-state index contributed by atoms with van der Waals surface area (Å²) in [5.74, 6) is 0.647. The number of nitrogen functional groups attached to an aromatic ring is 1. The van der Waals surface area contributed by atoms with Crippen molar-refractivity contribution in [3.63, 3.8) is 0 Å². The van der Waals surface area contributed by atoms with E-state index in [1.807, 2.05) is 6.26 Å². The minimum atomic E-state index is 0.354. The Bertz CT molecular complexity index is 364. The number of rotatable bonds is 4. The van der Waals surface area contributed by atoms with E-state index in [2.05, 4.69) is 16.3 Å². The molecular formula is C11H19N3OS2. The summed E-state index contributed by atoms with van der Waals surface area (Å²) in [6, 6.07) is 0. The Morgan fingerprint density at radius 2 is 2.41 bits per heavy atom. The lowest BCUT2D eigenvalue weighted by atomic mass is 10.1. The number of aromatic nitrogens is 1. The summed E-state index contributed by atoms with van der Waals surface area (Å²) in [6.07, 6.45) is 6.02. The highest BCUT2D eigenvalue weighted by Crippen LogP contribution is 2.37. The van der Waals surface area contributed by atoms with Gasteiger partial charge < -0.3 is 15.4 Å². The van der Waals surface area contributed by atoms with Crippen LogP contribution in [0.4, 0.5) is 10.8 Å². The van der Waals surface area contributed by atoms with Crippen molar-refractivity contribution in [1.82, 2.24) is 4.37 Å². The van der Waals surface area contributed by atoms with Gasteiger partial charge in [-0.2, -0.15) is 4.37 Å². The number of ether oxygens (including phenoxy) is 1. The second kappa shape index (κ2) is 5.93. The van der Waals surface area contributed by atoms with Gasteiger partial charge in [-0.15, -0.1) is 11.8 Å². The molecule has 0 radical (unpaired) electrons. The van der Waals surface area contributed by atoms with Crippen LogP contribution in [0.5, 0.6) is 0 Å². The fourth-order valence-corrected chi connectivity index (χ4v) is 3.74. The zero-order valence-electron chi connectivity index (χ0n) is 10.3. The molecule has 1 aliphatic rings. The van der Waals surface area contributed by atoms with Crippen molar-refractivity contribution in [2.24, 2.45) is 0 Å². The fourth-order valence-electron chi connectivity index (χ4n) is 2.06. The molecule has 0 spiro atoms. The molecule has 2 rings (SSSR count). The number of hydrogen-bond donors (Lipinski definition) is 1. The monoisotopic (exact) mass is 273 g/mol. The van der Waals surface area contributed by atoms with Gasteiger partial charge in [-0.1, -0.05) is 0 Å². The van der Waals surface area contributed by atoms with E-state index in [1.54, 1.807) is 11.8 Å². The Balaban J connectivity index is 2.00. The van der Waals surface area contributed by atoms with Crippen LogP contribution in [0.1, 0.15) is 19.3 Å². The van der Waals surface area contributed by atoms with Gasteiger partial charge in [0.05, 0.1) is 11.0 Å². The first kappa shape index (κ1) is 13.0. The summed E-state index contributed by atoms with van der Waals surface area (Å²) in [7, 11) is 2.09. The summed E-state index contributed by atoms with van der Waals surface area (Å²) >= 11 is 3.13. The van der Waals surface area contributed by atoms with Gasteiger partial charge in [0.2, 0.25) is 0 Å². The summed E-state index contributed by atoms with van der Waals surface area (Å²) in [5, 5.41) is 1.16. The fraction of sp³-hybridized carbons (Fsp3) is 0.727. The molecule has 17 heavy (non-hydrogen) atoms. The molecule has 1 atom stereocenters. The number of nitrogens with two attached hydrogens (primary N) is 1. The third kappa shape index (κ3) is 3.05. The highest BCUT2D eigenvalue weighted by atomic mass is 32.2. The molecular weight excluding hydrogens is 254 g/mol. The zero-order chi connectivity index (χ0) is 12.3. The molecule has 6 heteroatoms. The number of anilines is 2. The van der Waals surface area contributed by atoms with E-state index < -0.39 is 0 Å². The third-order valence-electron chi connectivity index (χ3n) is 2.96. The van der Waals surface area contributed by atoms with Crippen LogP contribution in [-0.4, -0.2) is 36.9 Å². The second-order valence-electron chi connectivity index (χ2n) is 4.28. The van der Waals surface area contributed by atoms with E-state index in [4.69, 9.17) is 10.5 Å². The molecule has 0 saturated carbocycles. The molecule has 0 aliphatic carbocycles. The van der Waals surface area contributed by atoms with Crippen LogP contribution in [0.3, 0.4) is 0 Å². The summed E-state index contributed by atoms with van der Waals surface area (Å²) in [6.45, 7) is 1.83. The molecule has 96 valence electrons. The first-order chi connectivity index (χ1) is 8.22. The Kier molecular flexibility index (Phi) is 4.53. The molecule has 0 aromatic carbocycles. The van der Waals surface area contributed by atoms with Gasteiger partial charge in [0.25, 0.3) is 0 Å². The Labute approximate surface area is 111 Å². The van der Waals surface area contributed by atoms with Crippen LogP contribution in [-0.2, 0) is 4.74 Å². The molecule has 0 amide bonds. The minimum absolute atomic E-state index is 0.354. The predicted molar refractivity (Wildman–Crippen MR) is 75.2 cm³/mol. The Morgan fingerprint density at radius 3 is 3.06 bits per heavy atom. The largest absolute Gasteiger partial charge is 0.382 e. The SMILES string of the molecule is CSc1c(N)nsc1N(C)CC1CCCCO1. The van der Waals surface area contributed by atoms with E-state index in [0.717, 1.165) is 29.5 Å². The molecule has 0 bridgehead atoms. The van der Waals surface area contributed by atoms with Crippen molar-refractivity contribution in [2.45, 2.75) is 30.3 Å². The molecule has 1 saturated heterocycles. The second-order valence-corrected chi connectivity index (χ2v) is 5.84. The molecule has 2 heterocycles. The van der Waals surface area contributed by atoms with Crippen LogP contribution in [0.25, 0.3) is 0 Å². The maximum absolute atomic E-state index is 5.84. The highest BCUT2D eigenvalue weighted by molar-refractivity contribution is 7.99. The van der Waals surface area contributed by atoms with Crippen LogP contribution in [0, 0.1) is 0 Å². The van der Waals surface area contributed by atoms with Crippen LogP contribution in [0.15, 0.2) is 4.90 Å².